The SMILES string of the molecule is c1ccc(-c2ccc(N(c3ccc(-c4ccc5c(c4)C4(c6ccccc6-c6ccccc6-5)c5ccccc5-c5ccccc54)cc3)c3cccc4oc5ccccc5c34)cc2)cc1. The summed E-state index contributed by atoms with van der Waals surface area (Å²) in [6, 6.07) is 86.7. The van der Waals surface area contributed by atoms with Crippen molar-refractivity contribution >= 4 is 39.0 Å². The van der Waals surface area contributed by atoms with Crippen LogP contribution in [0.2, 0.25) is 0 Å². The summed E-state index contributed by atoms with van der Waals surface area (Å²) in [5.74, 6) is 0. The Morgan fingerprint density at radius 2 is 0.746 bits per heavy atom. The molecular formula is C61H39NO. The van der Waals surface area contributed by atoms with Crippen molar-refractivity contribution < 1.29 is 4.42 Å². The molecule has 0 bridgehead atoms. The Labute approximate surface area is 366 Å². The molecule has 11 aromatic rings. The van der Waals surface area contributed by atoms with E-state index >= 15 is 0 Å². The van der Waals surface area contributed by atoms with Crippen LogP contribution in [0.4, 0.5) is 17.1 Å². The third kappa shape index (κ3) is 5.25. The summed E-state index contributed by atoms with van der Waals surface area (Å²) in [7, 11) is 0. The monoisotopic (exact) mass is 801 g/mol. The molecule has 0 atom stereocenters. The number of para-hydroxylation sites is 1. The molecule has 2 heteroatoms. The molecule has 0 aliphatic heterocycles. The van der Waals surface area contributed by atoms with Gasteiger partial charge in [0.25, 0.3) is 0 Å². The molecule has 1 aromatic heterocycles. The number of anilines is 3. The maximum absolute atomic E-state index is 6.42. The molecule has 13 rings (SSSR count). The van der Waals surface area contributed by atoms with Crippen LogP contribution in [-0.4, -0.2) is 0 Å². The summed E-state index contributed by atoms with van der Waals surface area (Å²) in [5.41, 5.74) is 22.1. The van der Waals surface area contributed by atoms with Crippen molar-refractivity contribution in [1.82, 2.24) is 0 Å². The van der Waals surface area contributed by atoms with Crippen molar-refractivity contribution in [3.05, 3.63) is 259 Å². The summed E-state index contributed by atoms with van der Waals surface area (Å²) in [5, 5.41) is 2.20. The molecule has 2 aliphatic rings. The second-order valence-electron chi connectivity index (χ2n) is 16.7. The number of hydrogen-bond donors (Lipinski definition) is 0. The van der Waals surface area contributed by atoms with E-state index in [1.165, 1.54) is 72.3 Å². The summed E-state index contributed by atoms with van der Waals surface area (Å²) in [6.45, 7) is 0. The molecule has 0 amide bonds. The first kappa shape index (κ1) is 35.5. The second-order valence-corrected chi connectivity index (χ2v) is 16.7. The van der Waals surface area contributed by atoms with Crippen molar-refractivity contribution in [3.8, 4) is 55.6 Å². The van der Waals surface area contributed by atoms with Crippen molar-refractivity contribution in [2.45, 2.75) is 5.41 Å². The molecule has 10 aromatic carbocycles. The molecule has 0 saturated carbocycles. The fourth-order valence-electron chi connectivity index (χ4n) is 10.8. The molecule has 1 heterocycles. The van der Waals surface area contributed by atoms with Crippen LogP contribution < -0.4 is 4.90 Å². The van der Waals surface area contributed by atoms with Gasteiger partial charge in [-0.2, -0.15) is 0 Å². The smallest absolute Gasteiger partial charge is 0.137 e. The molecule has 0 fully saturated rings. The predicted molar refractivity (Wildman–Crippen MR) is 261 cm³/mol. The van der Waals surface area contributed by atoms with Crippen LogP contribution >= 0.6 is 0 Å². The normalized spacial score (nSPS) is 12.9. The van der Waals surface area contributed by atoms with E-state index in [1.54, 1.807) is 0 Å². The van der Waals surface area contributed by atoms with Crippen LogP contribution in [0.1, 0.15) is 22.3 Å². The molecular weight excluding hydrogens is 763 g/mol. The maximum atomic E-state index is 6.42. The van der Waals surface area contributed by atoms with Gasteiger partial charge in [-0.3, -0.25) is 0 Å². The first-order chi connectivity index (χ1) is 31.3. The number of furan rings is 1. The second kappa shape index (κ2) is 13.9. The number of fused-ring (bicyclic) bond motifs is 15. The molecule has 2 nitrogen and oxygen atoms in total. The Kier molecular flexibility index (Phi) is 7.85. The number of benzene rings is 10. The van der Waals surface area contributed by atoms with Crippen LogP contribution in [0.3, 0.4) is 0 Å². The van der Waals surface area contributed by atoms with Gasteiger partial charge in [0.05, 0.1) is 16.5 Å². The molecule has 1 spiro atoms. The fraction of sp³-hybridized carbons (Fsp3) is 0.0164. The zero-order valence-electron chi connectivity index (χ0n) is 34.4. The minimum atomic E-state index is -0.525. The van der Waals surface area contributed by atoms with Gasteiger partial charge in [0.1, 0.15) is 11.2 Å². The average Bonchev–Trinajstić information content (AvgIpc) is 3.86. The van der Waals surface area contributed by atoms with Crippen molar-refractivity contribution in [3.63, 3.8) is 0 Å². The lowest BCUT2D eigenvalue weighted by atomic mass is 9.65. The quantitative estimate of drug-likeness (QED) is 0.172. The Hall–Kier alpha value is -8.20. The number of hydrogen-bond acceptors (Lipinski definition) is 2. The van der Waals surface area contributed by atoms with E-state index in [4.69, 9.17) is 4.42 Å². The van der Waals surface area contributed by atoms with Gasteiger partial charge in [-0.25, -0.2) is 0 Å². The Morgan fingerprint density at radius 1 is 0.302 bits per heavy atom. The molecule has 2 aliphatic carbocycles. The largest absolute Gasteiger partial charge is 0.456 e. The minimum absolute atomic E-state index is 0.525. The van der Waals surface area contributed by atoms with Crippen LogP contribution in [0.5, 0.6) is 0 Å². The van der Waals surface area contributed by atoms with E-state index < -0.39 is 5.41 Å². The zero-order chi connectivity index (χ0) is 41.5. The van der Waals surface area contributed by atoms with Crippen LogP contribution in [0.25, 0.3) is 77.6 Å². The Bertz CT molecular complexity index is 3510. The standard InChI is InChI=1S/C61H39NO/c1-2-15-40(16-3-1)41-29-34-44(35-30-41)62(57-26-14-28-59-60(57)52-22-9-13-27-58(52)63-59)45-36-31-42(32-37-45)43-33-38-51-47-18-5-4-17-46(47)48-19-6-10-23-53(48)61(56(51)39-43)54-24-11-7-20-49(54)50-21-8-12-25-55(50)61/h1-39H. The molecule has 0 radical (unpaired) electrons. The molecule has 0 saturated heterocycles. The summed E-state index contributed by atoms with van der Waals surface area (Å²) < 4.78 is 6.42. The predicted octanol–water partition coefficient (Wildman–Crippen LogP) is 16.4. The highest BCUT2D eigenvalue weighted by molar-refractivity contribution is 6.13. The van der Waals surface area contributed by atoms with Crippen LogP contribution in [0, 0.1) is 0 Å². The lowest BCUT2D eigenvalue weighted by Gasteiger charge is -2.35. The lowest BCUT2D eigenvalue weighted by molar-refractivity contribution is 0.669. The first-order valence-electron chi connectivity index (χ1n) is 21.8. The summed E-state index contributed by atoms with van der Waals surface area (Å²) in [4.78, 5) is 2.37. The highest BCUT2D eigenvalue weighted by atomic mass is 16.3. The van der Waals surface area contributed by atoms with Gasteiger partial charge >= 0.3 is 0 Å². The summed E-state index contributed by atoms with van der Waals surface area (Å²) >= 11 is 0. The van der Waals surface area contributed by atoms with E-state index in [0.29, 0.717) is 0 Å². The zero-order valence-corrected chi connectivity index (χ0v) is 34.4. The third-order valence-corrected chi connectivity index (χ3v) is 13.5. The maximum Gasteiger partial charge on any atom is 0.137 e. The summed E-state index contributed by atoms with van der Waals surface area (Å²) in [6.07, 6.45) is 0. The van der Waals surface area contributed by atoms with Gasteiger partial charge in [0.15, 0.2) is 0 Å². The topological polar surface area (TPSA) is 16.4 Å². The molecule has 0 N–H and O–H groups in total. The number of rotatable bonds is 5. The highest BCUT2D eigenvalue weighted by Crippen LogP contribution is 2.61. The van der Waals surface area contributed by atoms with Crippen molar-refractivity contribution in [2.24, 2.45) is 0 Å². The van der Waals surface area contributed by atoms with Gasteiger partial charge in [-0.05, 0) is 126 Å². The van der Waals surface area contributed by atoms with Crippen molar-refractivity contribution in [2.75, 3.05) is 4.90 Å². The first-order valence-corrected chi connectivity index (χ1v) is 21.8. The Morgan fingerprint density at radius 3 is 1.37 bits per heavy atom. The van der Waals surface area contributed by atoms with E-state index in [9.17, 15) is 0 Å². The van der Waals surface area contributed by atoms with E-state index in [2.05, 4.69) is 235 Å². The fourth-order valence-corrected chi connectivity index (χ4v) is 10.8. The van der Waals surface area contributed by atoms with Crippen molar-refractivity contribution in [1.29, 1.82) is 0 Å². The number of nitrogens with zero attached hydrogens (tertiary/aromatic N) is 1. The van der Waals surface area contributed by atoms with Crippen LogP contribution in [0.15, 0.2) is 241 Å². The molecule has 0 unspecified atom stereocenters. The van der Waals surface area contributed by atoms with Gasteiger partial charge in [-0.1, -0.05) is 188 Å². The Balaban J connectivity index is 1.00. The third-order valence-electron chi connectivity index (χ3n) is 13.5. The minimum Gasteiger partial charge on any atom is -0.456 e. The van der Waals surface area contributed by atoms with Gasteiger partial charge in [0, 0.05) is 16.8 Å². The van der Waals surface area contributed by atoms with E-state index in [-0.39, 0.29) is 0 Å². The van der Waals surface area contributed by atoms with Gasteiger partial charge in [-0.15, -0.1) is 0 Å². The van der Waals surface area contributed by atoms with E-state index in [1.807, 2.05) is 6.07 Å². The highest BCUT2D eigenvalue weighted by Gasteiger charge is 2.49. The molecule has 294 valence electrons. The van der Waals surface area contributed by atoms with Gasteiger partial charge in [0.2, 0.25) is 0 Å². The lowest BCUT2D eigenvalue weighted by Crippen LogP contribution is -2.29. The molecule has 63 heavy (non-hydrogen) atoms. The van der Waals surface area contributed by atoms with Gasteiger partial charge < -0.3 is 9.32 Å². The average molecular weight is 802 g/mol. The van der Waals surface area contributed by atoms with E-state index in [0.717, 1.165) is 44.6 Å². The van der Waals surface area contributed by atoms with Crippen LogP contribution in [-0.2, 0) is 5.41 Å².